The molecule has 1 aliphatic rings. The van der Waals surface area contributed by atoms with Crippen LogP contribution in [0.3, 0.4) is 0 Å². The number of halogens is 1. The number of nitrogen functional groups attached to an aromatic ring is 1. The third-order valence-corrected chi connectivity index (χ3v) is 4.23. The van der Waals surface area contributed by atoms with Gasteiger partial charge in [0.15, 0.2) is 0 Å². The second-order valence-electron chi connectivity index (χ2n) is 6.27. The summed E-state index contributed by atoms with van der Waals surface area (Å²) in [6, 6.07) is 1.47. The Morgan fingerprint density at radius 2 is 2.18 bits per heavy atom. The van der Waals surface area contributed by atoms with E-state index in [1.54, 1.807) is 0 Å². The summed E-state index contributed by atoms with van der Waals surface area (Å²) in [7, 11) is 0. The summed E-state index contributed by atoms with van der Waals surface area (Å²) in [6.07, 6.45) is 2.17. The minimum atomic E-state index is -0.427. The molecule has 5 nitrogen and oxygen atoms in total. The average Bonchev–Trinajstić information content (AvgIpc) is 2.81. The zero-order valence-electron chi connectivity index (χ0n) is 13.5. The second kappa shape index (κ2) is 6.52. The van der Waals surface area contributed by atoms with E-state index in [2.05, 4.69) is 17.1 Å². The molecule has 0 amide bonds. The summed E-state index contributed by atoms with van der Waals surface area (Å²) in [5, 5.41) is 10.8. The predicted octanol–water partition coefficient (Wildman–Crippen LogP) is 2.40. The van der Waals surface area contributed by atoms with Crippen LogP contribution in [0.15, 0.2) is 6.07 Å². The summed E-state index contributed by atoms with van der Waals surface area (Å²) in [5.74, 6) is -0.0338. The molecule has 1 aliphatic heterocycles. The van der Waals surface area contributed by atoms with Gasteiger partial charge in [0, 0.05) is 43.0 Å². The largest absolute Gasteiger partial charge is 0.397 e. The Morgan fingerprint density at radius 1 is 1.50 bits per heavy atom. The highest BCUT2D eigenvalue weighted by atomic mass is 19.1. The van der Waals surface area contributed by atoms with Gasteiger partial charge in [-0.05, 0) is 19.8 Å². The maximum absolute atomic E-state index is 14.3. The van der Waals surface area contributed by atoms with E-state index in [4.69, 9.17) is 16.9 Å². The highest BCUT2D eigenvalue weighted by Gasteiger charge is 2.32. The molecule has 0 saturated carbocycles. The van der Waals surface area contributed by atoms with Crippen molar-refractivity contribution < 1.29 is 4.39 Å². The molecule has 2 rings (SSSR count). The Hall–Kier alpha value is -1.82. The van der Waals surface area contributed by atoms with Crippen molar-refractivity contribution in [1.29, 1.82) is 5.41 Å². The van der Waals surface area contributed by atoms with E-state index < -0.39 is 5.82 Å². The Bertz CT molecular complexity index is 558. The first-order valence-electron chi connectivity index (χ1n) is 7.78. The molecule has 0 bridgehead atoms. The van der Waals surface area contributed by atoms with Crippen molar-refractivity contribution in [3.63, 3.8) is 0 Å². The third kappa shape index (κ3) is 3.02. The van der Waals surface area contributed by atoms with Gasteiger partial charge in [0.05, 0.1) is 17.1 Å². The van der Waals surface area contributed by atoms with Crippen LogP contribution in [-0.2, 0) is 0 Å². The van der Waals surface area contributed by atoms with E-state index in [1.165, 1.54) is 12.3 Å². The third-order valence-electron chi connectivity index (χ3n) is 4.23. The molecule has 2 unspecified atom stereocenters. The van der Waals surface area contributed by atoms with Crippen LogP contribution in [0.25, 0.3) is 0 Å². The van der Waals surface area contributed by atoms with Gasteiger partial charge in [-0.25, -0.2) is 4.39 Å². The molecule has 0 aliphatic carbocycles. The minimum absolute atomic E-state index is 0.0638. The van der Waals surface area contributed by atoms with Crippen LogP contribution < -0.4 is 21.7 Å². The quantitative estimate of drug-likeness (QED) is 0.496. The number of rotatable bonds is 5. The van der Waals surface area contributed by atoms with Crippen LogP contribution in [0.1, 0.15) is 32.8 Å². The molecular formula is C16H26FN5. The maximum atomic E-state index is 14.3. The standard InChI is InChI=1S/C16H26FN5/c1-4-10-7-22(8-14(10)20)16-11(6-18)15(21-9(2)3)12(17)5-13(16)19/h5-6,9-10,14,18,21H,4,7-8,19-20H2,1-3H3. The van der Waals surface area contributed by atoms with Crippen LogP contribution in [0.5, 0.6) is 0 Å². The fourth-order valence-corrected chi connectivity index (χ4v) is 3.12. The lowest BCUT2D eigenvalue weighted by Gasteiger charge is -2.25. The van der Waals surface area contributed by atoms with Gasteiger partial charge in [0.25, 0.3) is 0 Å². The van der Waals surface area contributed by atoms with Crippen molar-refractivity contribution in [3.05, 3.63) is 17.4 Å². The lowest BCUT2D eigenvalue weighted by atomic mass is 10.0. The van der Waals surface area contributed by atoms with E-state index in [9.17, 15) is 4.39 Å². The molecule has 6 N–H and O–H groups in total. The summed E-state index contributed by atoms with van der Waals surface area (Å²) < 4.78 is 14.3. The SMILES string of the molecule is CCC1CN(c2c(N)cc(F)c(NC(C)C)c2C=N)CC1N. The summed E-state index contributed by atoms with van der Waals surface area (Å²) in [5.41, 5.74) is 14.1. The Morgan fingerprint density at radius 3 is 2.68 bits per heavy atom. The zero-order valence-corrected chi connectivity index (χ0v) is 13.5. The van der Waals surface area contributed by atoms with Crippen molar-refractivity contribution in [2.24, 2.45) is 11.7 Å². The summed E-state index contributed by atoms with van der Waals surface area (Å²) in [6.45, 7) is 7.45. The molecule has 0 spiro atoms. The number of nitrogens with zero attached hydrogens (tertiary/aromatic N) is 1. The summed E-state index contributed by atoms with van der Waals surface area (Å²) >= 11 is 0. The number of hydrogen-bond donors (Lipinski definition) is 4. The molecule has 122 valence electrons. The molecule has 1 aromatic carbocycles. The highest BCUT2D eigenvalue weighted by Crippen LogP contribution is 2.37. The predicted molar refractivity (Wildman–Crippen MR) is 91.4 cm³/mol. The normalized spacial score (nSPS) is 21.5. The van der Waals surface area contributed by atoms with Crippen LogP contribution in [0.2, 0.25) is 0 Å². The molecule has 1 fully saturated rings. The maximum Gasteiger partial charge on any atom is 0.149 e. The number of benzene rings is 1. The van der Waals surface area contributed by atoms with E-state index >= 15 is 0 Å². The topological polar surface area (TPSA) is 91.2 Å². The average molecular weight is 307 g/mol. The number of hydrogen-bond acceptors (Lipinski definition) is 5. The Kier molecular flexibility index (Phi) is 4.90. The molecule has 2 atom stereocenters. The molecule has 1 aromatic rings. The minimum Gasteiger partial charge on any atom is -0.397 e. The van der Waals surface area contributed by atoms with Crippen LogP contribution in [-0.4, -0.2) is 31.4 Å². The van der Waals surface area contributed by atoms with Gasteiger partial charge in [-0.1, -0.05) is 13.3 Å². The Balaban J connectivity index is 2.49. The highest BCUT2D eigenvalue weighted by molar-refractivity contribution is 5.98. The molecule has 0 aromatic heterocycles. The van der Waals surface area contributed by atoms with E-state index in [1.807, 2.05) is 13.8 Å². The fourth-order valence-electron chi connectivity index (χ4n) is 3.12. The molecule has 0 radical (unpaired) electrons. The van der Waals surface area contributed by atoms with Gasteiger partial charge < -0.3 is 27.1 Å². The monoisotopic (exact) mass is 307 g/mol. The zero-order chi connectivity index (χ0) is 16.4. The number of nitrogens with two attached hydrogens (primary N) is 2. The van der Waals surface area contributed by atoms with Crippen LogP contribution in [0.4, 0.5) is 21.5 Å². The molecule has 1 heterocycles. The first-order chi connectivity index (χ1) is 10.4. The van der Waals surface area contributed by atoms with Crippen LogP contribution >= 0.6 is 0 Å². The van der Waals surface area contributed by atoms with Crippen molar-refractivity contribution in [2.45, 2.75) is 39.3 Å². The summed E-state index contributed by atoms with van der Waals surface area (Å²) in [4.78, 5) is 2.08. The van der Waals surface area contributed by atoms with Gasteiger partial charge in [-0.15, -0.1) is 0 Å². The van der Waals surface area contributed by atoms with Gasteiger partial charge in [0.1, 0.15) is 5.82 Å². The molecular weight excluding hydrogens is 281 g/mol. The van der Waals surface area contributed by atoms with Crippen molar-refractivity contribution in [3.8, 4) is 0 Å². The van der Waals surface area contributed by atoms with E-state index in [0.717, 1.165) is 13.0 Å². The van der Waals surface area contributed by atoms with Crippen molar-refractivity contribution in [2.75, 3.05) is 29.0 Å². The first kappa shape index (κ1) is 16.5. The lowest BCUT2D eigenvalue weighted by molar-refractivity contribution is 0.500. The Labute approximate surface area is 131 Å². The van der Waals surface area contributed by atoms with Crippen LogP contribution in [0, 0.1) is 17.1 Å². The van der Waals surface area contributed by atoms with Gasteiger partial charge in [0.2, 0.25) is 0 Å². The fraction of sp³-hybridized carbons (Fsp3) is 0.562. The van der Waals surface area contributed by atoms with Gasteiger partial charge in [-0.2, -0.15) is 0 Å². The first-order valence-corrected chi connectivity index (χ1v) is 7.78. The van der Waals surface area contributed by atoms with Gasteiger partial charge in [-0.3, -0.25) is 0 Å². The molecule has 6 heteroatoms. The lowest BCUT2D eigenvalue weighted by Crippen LogP contribution is -2.30. The van der Waals surface area contributed by atoms with E-state index in [0.29, 0.717) is 35.1 Å². The molecule has 22 heavy (non-hydrogen) atoms. The van der Waals surface area contributed by atoms with Crippen molar-refractivity contribution in [1.82, 2.24) is 0 Å². The number of anilines is 3. The molecule has 1 saturated heterocycles. The second-order valence-corrected chi connectivity index (χ2v) is 6.27. The van der Waals surface area contributed by atoms with Gasteiger partial charge >= 0.3 is 0 Å². The number of nitrogens with one attached hydrogen (secondary N) is 2. The van der Waals surface area contributed by atoms with Crippen molar-refractivity contribution >= 4 is 23.3 Å². The smallest absolute Gasteiger partial charge is 0.149 e. The van der Waals surface area contributed by atoms with E-state index in [-0.39, 0.29) is 12.1 Å².